The number of carbonyl (C=O) groups is 1. The van der Waals surface area contributed by atoms with Crippen LogP contribution in [0.5, 0.6) is 0 Å². The van der Waals surface area contributed by atoms with Gasteiger partial charge in [-0.15, -0.1) is 0 Å². The number of aromatic nitrogens is 1. The fourth-order valence-corrected chi connectivity index (χ4v) is 4.22. The van der Waals surface area contributed by atoms with Crippen molar-refractivity contribution in [2.75, 3.05) is 6.54 Å². The molecule has 2 N–H and O–H groups in total. The van der Waals surface area contributed by atoms with Gasteiger partial charge >= 0.3 is 5.97 Å². The fourth-order valence-electron chi connectivity index (χ4n) is 4.22. The zero-order valence-electron chi connectivity index (χ0n) is 14.6. The maximum absolute atomic E-state index is 13.9. The van der Waals surface area contributed by atoms with E-state index in [0.717, 1.165) is 53.9 Å². The van der Waals surface area contributed by atoms with Crippen LogP contribution in [0.1, 0.15) is 49.9 Å². The van der Waals surface area contributed by atoms with Gasteiger partial charge in [0, 0.05) is 22.6 Å². The van der Waals surface area contributed by atoms with Crippen LogP contribution in [0.15, 0.2) is 18.2 Å². The summed E-state index contributed by atoms with van der Waals surface area (Å²) in [4.78, 5) is 11.8. The van der Waals surface area contributed by atoms with E-state index in [1.165, 1.54) is 18.9 Å². The van der Waals surface area contributed by atoms with Crippen molar-refractivity contribution >= 4 is 16.9 Å². The molecule has 0 saturated heterocycles. The van der Waals surface area contributed by atoms with E-state index in [2.05, 4.69) is 5.32 Å². The Balaban J connectivity index is 1.75. The molecule has 0 amide bonds. The van der Waals surface area contributed by atoms with Crippen LogP contribution in [0.25, 0.3) is 10.9 Å². The molecule has 0 aliphatic heterocycles. The first-order valence-electron chi connectivity index (χ1n) is 9.35. The standard InChI is InChI=1S/C20H25FN2O2/c1-2-17(20(24)25)23-18-7-5-13(21)9-15(18)16-10-14(6-8-19(16)23)22-11-12-3-4-12/h5,7,9,12,14,17,22H,2-4,6,8,10-11H2,1H3,(H,24,25). The number of carboxylic acids is 1. The highest BCUT2D eigenvalue weighted by molar-refractivity contribution is 5.88. The van der Waals surface area contributed by atoms with E-state index in [4.69, 9.17) is 0 Å². The zero-order valence-corrected chi connectivity index (χ0v) is 14.6. The Morgan fingerprint density at radius 3 is 2.88 bits per heavy atom. The summed E-state index contributed by atoms with van der Waals surface area (Å²) in [6.07, 6.45) is 5.88. The largest absolute Gasteiger partial charge is 0.480 e. The lowest BCUT2D eigenvalue weighted by molar-refractivity contribution is -0.140. The lowest BCUT2D eigenvalue weighted by Crippen LogP contribution is -2.36. The maximum Gasteiger partial charge on any atom is 0.326 e. The number of benzene rings is 1. The molecule has 134 valence electrons. The van der Waals surface area contributed by atoms with Crippen molar-refractivity contribution in [1.29, 1.82) is 0 Å². The van der Waals surface area contributed by atoms with Crippen LogP contribution in [0, 0.1) is 11.7 Å². The average Bonchev–Trinajstić information content (AvgIpc) is 3.37. The Morgan fingerprint density at radius 2 is 2.20 bits per heavy atom. The van der Waals surface area contributed by atoms with Crippen LogP contribution >= 0.6 is 0 Å². The minimum atomic E-state index is -0.819. The Hall–Kier alpha value is -1.88. The van der Waals surface area contributed by atoms with Crippen LogP contribution in [0.3, 0.4) is 0 Å². The number of hydrogen-bond acceptors (Lipinski definition) is 2. The molecule has 4 nitrogen and oxygen atoms in total. The molecule has 0 bridgehead atoms. The van der Waals surface area contributed by atoms with E-state index >= 15 is 0 Å². The van der Waals surface area contributed by atoms with Crippen molar-refractivity contribution in [2.24, 2.45) is 5.92 Å². The minimum Gasteiger partial charge on any atom is -0.480 e. The zero-order chi connectivity index (χ0) is 17.6. The number of carboxylic acid groups (broad SMARTS) is 1. The molecule has 2 aliphatic rings. The summed E-state index contributed by atoms with van der Waals surface area (Å²) in [6, 6.07) is 4.55. The molecule has 1 fully saturated rings. The molecule has 1 aromatic carbocycles. The van der Waals surface area contributed by atoms with E-state index in [0.29, 0.717) is 12.5 Å². The summed E-state index contributed by atoms with van der Waals surface area (Å²) in [5.41, 5.74) is 3.07. The number of halogens is 1. The Kier molecular flexibility index (Phi) is 4.28. The predicted molar refractivity (Wildman–Crippen MR) is 95.4 cm³/mol. The Labute approximate surface area is 147 Å². The molecule has 0 radical (unpaired) electrons. The summed E-state index contributed by atoms with van der Waals surface area (Å²) in [5.74, 6) is -0.249. The number of nitrogens with one attached hydrogen (secondary N) is 1. The van der Waals surface area contributed by atoms with Crippen molar-refractivity contribution in [2.45, 2.75) is 57.5 Å². The van der Waals surface area contributed by atoms with Crippen LogP contribution in [0.2, 0.25) is 0 Å². The summed E-state index contributed by atoms with van der Waals surface area (Å²) in [6.45, 7) is 2.96. The summed E-state index contributed by atoms with van der Waals surface area (Å²) in [7, 11) is 0. The van der Waals surface area contributed by atoms with E-state index < -0.39 is 12.0 Å². The normalized spacial score (nSPS) is 21.3. The first-order valence-corrected chi connectivity index (χ1v) is 9.35. The second kappa shape index (κ2) is 6.45. The van der Waals surface area contributed by atoms with Crippen LogP contribution in [-0.4, -0.2) is 28.2 Å². The van der Waals surface area contributed by atoms with Gasteiger partial charge in [-0.05, 0) is 74.8 Å². The third-order valence-corrected chi connectivity index (χ3v) is 5.74. The van der Waals surface area contributed by atoms with Crippen molar-refractivity contribution in [3.8, 4) is 0 Å². The number of nitrogens with zero attached hydrogens (tertiary/aromatic N) is 1. The van der Waals surface area contributed by atoms with Crippen molar-refractivity contribution in [1.82, 2.24) is 9.88 Å². The Bertz CT molecular complexity index is 810. The van der Waals surface area contributed by atoms with Gasteiger partial charge in [0.1, 0.15) is 11.9 Å². The molecule has 2 aromatic rings. The van der Waals surface area contributed by atoms with E-state index in [1.807, 2.05) is 11.5 Å². The lowest BCUT2D eigenvalue weighted by Gasteiger charge is -2.26. The quantitative estimate of drug-likeness (QED) is 0.841. The molecule has 1 saturated carbocycles. The average molecular weight is 344 g/mol. The van der Waals surface area contributed by atoms with Gasteiger partial charge in [-0.2, -0.15) is 0 Å². The number of aliphatic carboxylic acids is 1. The van der Waals surface area contributed by atoms with Gasteiger partial charge in [0.05, 0.1) is 0 Å². The van der Waals surface area contributed by atoms with Crippen molar-refractivity contribution in [3.63, 3.8) is 0 Å². The van der Waals surface area contributed by atoms with Gasteiger partial charge in [-0.25, -0.2) is 9.18 Å². The molecule has 1 aromatic heterocycles. The molecule has 5 heteroatoms. The minimum absolute atomic E-state index is 0.260. The maximum atomic E-state index is 13.9. The number of hydrogen-bond donors (Lipinski definition) is 2. The number of fused-ring (bicyclic) bond motifs is 3. The molecule has 25 heavy (non-hydrogen) atoms. The molecule has 4 rings (SSSR count). The van der Waals surface area contributed by atoms with Gasteiger partial charge in [-0.1, -0.05) is 6.92 Å². The first-order chi connectivity index (χ1) is 12.1. The molecular formula is C20H25FN2O2. The van der Waals surface area contributed by atoms with E-state index in [-0.39, 0.29) is 5.82 Å². The highest BCUT2D eigenvalue weighted by Crippen LogP contribution is 2.36. The first kappa shape index (κ1) is 16.6. The lowest BCUT2D eigenvalue weighted by atomic mass is 9.91. The summed E-state index contributed by atoms with van der Waals surface area (Å²) in [5, 5.41) is 14.2. The smallest absolute Gasteiger partial charge is 0.326 e. The van der Waals surface area contributed by atoms with Gasteiger partial charge in [0.15, 0.2) is 0 Å². The van der Waals surface area contributed by atoms with Crippen LogP contribution < -0.4 is 5.32 Å². The van der Waals surface area contributed by atoms with Gasteiger partial charge in [-0.3, -0.25) is 0 Å². The van der Waals surface area contributed by atoms with Crippen molar-refractivity contribution < 1.29 is 14.3 Å². The van der Waals surface area contributed by atoms with Crippen LogP contribution in [-0.2, 0) is 17.6 Å². The molecule has 0 spiro atoms. The summed E-state index contributed by atoms with van der Waals surface area (Å²) < 4.78 is 15.8. The van der Waals surface area contributed by atoms with E-state index in [9.17, 15) is 14.3 Å². The monoisotopic (exact) mass is 344 g/mol. The highest BCUT2D eigenvalue weighted by Gasteiger charge is 2.31. The second-order valence-electron chi connectivity index (χ2n) is 7.51. The van der Waals surface area contributed by atoms with Crippen molar-refractivity contribution in [3.05, 3.63) is 35.3 Å². The molecule has 2 aliphatic carbocycles. The second-order valence-corrected chi connectivity index (χ2v) is 7.51. The van der Waals surface area contributed by atoms with Gasteiger partial charge in [0.25, 0.3) is 0 Å². The third kappa shape index (κ3) is 3.06. The highest BCUT2D eigenvalue weighted by atomic mass is 19.1. The molecule has 2 atom stereocenters. The van der Waals surface area contributed by atoms with Gasteiger partial charge < -0.3 is 15.0 Å². The topological polar surface area (TPSA) is 54.3 Å². The SMILES string of the molecule is CCC(C(=O)O)n1c2c(c3cc(F)ccc31)CC(NCC1CC1)CC2. The third-order valence-electron chi connectivity index (χ3n) is 5.74. The van der Waals surface area contributed by atoms with Gasteiger partial charge in [0.2, 0.25) is 0 Å². The molecular weight excluding hydrogens is 319 g/mol. The van der Waals surface area contributed by atoms with Crippen LogP contribution in [0.4, 0.5) is 4.39 Å². The molecule has 1 heterocycles. The number of rotatable bonds is 6. The fraction of sp³-hybridized carbons (Fsp3) is 0.550. The Morgan fingerprint density at radius 1 is 1.40 bits per heavy atom. The summed E-state index contributed by atoms with van der Waals surface area (Å²) >= 11 is 0. The predicted octanol–water partition coefficient (Wildman–Crippen LogP) is 3.67. The van der Waals surface area contributed by atoms with E-state index in [1.54, 1.807) is 12.1 Å². The molecule has 2 unspecified atom stereocenters.